The van der Waals surface area contributed by atoms with Crippen LogP contribution in [0.25, 0.3) is 0 Å². The van der Waals surface area contributed by atoms with Gasteiger partial charge < -0.3 is 20.7 Å². The maximum atomic E-state index is 11.8. The lowest BCUT2D eigenvalue weighted by Gasteiger charge is -2.34. The Kier molecular flexibility index (Phi) is 4.50. The smallest absolute Gasteiger partial charge is 0.407 e. The number of amides is 1. The zero-order valence-electron chi connectivity index (χ0n) is 12.8. The maximum Gasteiger partial charge on any atom is 0.407 e. The molecule has 1 aromatic heterocycles. The quantitative estimate of drug-likeness (QED) is 0.859. The normalized spacial score (nSPS) is 19.2. The van der Waals surface area contributed by atoms with Crippen molar-refractivity contribution in [2.24, 2.45) is 0 Å². The zero-order chi connectivity index (χ0) is 15.5. The molecule has 0 bridgehead atoms. The monoisotopic (exact) mass is 293 g/mol. The Labute approximate surface area is 124 Å². The van der Waals surface area contributed by atoms with Gasteiger partial charge in [0.15, 0.2) is 0 Å². The number of hydrogen-bond acceptors (Lipinski definition) is 6. The summed E-state index contributed by atoms with van der Waals surface area (Å²) in [4.78, 5) is 22.0. The molecule has 1 aliphatic rings. The van der Waals surface area contributed by atoms with E-state index in [0.717, 1.165) is 25.1 Å². The van der Waals surface area contributed by atoms with Gasteiger partial charge in [0.25, 0.3) is 0 Å². The molecular formula is C14H23N5O2. The number of rotatable bonds is 2. The van der Waals surface area contributed by atoms with Crippen LogP contribution < -0.4 is 16.0 Å². The molecule has 1 unspecified atom stereocenters. The van der Waals surface area contributed by atoms with Gasteiger partial charge in [0.2, 0.25) is 5.95 Å². The molecule has 0 aliphatic carbocycles. The summed E-state index contributed by atoms with van der Waals surface area (Å²) in [6, 6.07) is 0.0613. The SMILES string of the molecule is CC(C)(C)OC(=O)NC1CCCN(c2cnc(N)nc2)C1. The minimum Gasteiger partial charge on any atom is -0.444 e. The van der Waals surface area contributed by atoms with E-state index in [1.54, 1.807) is 12.4 Å². The summed E-state index contributed by atoms with van der Waals surface area (Å²) in [6.45, 7) is 7.19. The molecule has 0 aromatic carbocycles. The highest BCUT2D eigenvalue weighted by Crippen LogP contribution is 2.19. The number of carbonyl (C=O) groups excluding carboxylic acids is 1. The van der Waals surface area contributed by atoms with E-state index >= 15 is 0 Å². The van der Waals surface area contributed by atoms with Crippen molar-refractivity contribution in [1.29, 1.82) is 0 Å². The van der Waals surface area contributed by atoms with E-state index in [2.05, 4.69) is 20.2 Å². The van der Waals surface area contributed by atoms with Crippen LogP contribution >= 0.6 is 0 Å². The lowest BCUT2D eigenvalue weighted by molar-refractivity contribution is 0.0500. The molecule has 3 N–H and O–H groups in total. The Morgan fingerprint density at radius 1 is 1.43 bits per heavy atom. The Hall–Kier alpha value is -2.05. The molecular weight excluding hydrogens is 270 g/mol. The Bertz CT molecular complexity index is 483. The molecule has 2 heterocycles. The van der Waals surface area contributed by atoms with Gasteiger partial charge in [-0.1, -0.05) is 0 Å². The third-order valence-electron chi connectivity index (χ3n) is 3.17. The number of nitrogens with zero attached hydrogens (tertiary/aromatic N) is 3. The fraction of sp³-hybridized carbons (Fsp3) is 0.643. The molecule has 7 heteroatoms. The molecule has 21 heavy (non-hydrogen) atoms. The van der Waals surface area contributed by atoms with Crippen LogP contribution in [0.2, 0.25) is 0 Å². The summed E-state index contributed by atoms with van der Waals surface area (Å²) in [7, 11) is 0. The topological polar surface area (TPSA) is 93.4 Å². The highest BCUT2D eigenvalue weighted by molar-refractivity contribution is 5.68. The van der Waals surface area contributed by atoms with Crippen molar-refractivity contribution in [2.45, 2.75) is 45.3 Å². The van der Waals surface area contributed by atoms with Crippen LogP contribution in [0.15, 0.2) is 12.4 Å². The van der Waals surface area contributed by atoms with Gasteiger partial charge in [0, 0.05) is 19.1 Å². The van der Waals surface area contributed by atoms with E-state index < -0.39 is 5.60 Å². The number of hydrogen-bond donors (Lipinski definition) is 2. The molecule has 1 aromatic rings. The van der Waals surface area contributed by atoms with Crippen LogP contribution in [-0.4, -0.2) is 40.8 Å². The predicted octanol–water partition coefficient (Wildman–Crippen LogP) is 1.55. The average Bonchev–Trinajstić information content (AvgIpc) is 2.37. The Balaban J connectivity index is 1.91. The van der Waals surface area contributed by atoms with Gasteiger partial charge in [0.1, 0.15) is 5.60 Å². The lowest BCUT2D eigenvalue weighted by atomic mass is 10.1. The van der Waals surface area contributed by atoms with Crippen molar-refractivity contribution in [1.82, 2.24) is 15.3 Å². The molecule has 0 spiro atoms. The van der Waals surface area contributed by atoms with Crippen LogP contribution in [0.3, 0.4) is 0 Å². The number of aromatic nitrogens is 2. The third kappa shape index (κ3) is 4.77. The summed E-state index contributed by atoms with van der Waals surface area (Å²) < 4.78 is 5.29. The van der Waals surface area contributed by atoms with E-state index in [9.17, 15) is 4.79 Å². The van der Waals surface area contributed by atoms with Crippen LogP contribution in [0.1, 0.15) is 33.6 Å². The molecule has 116 valence electrons. The van der Waals surface area contributed by atoms with E-state index in [-0.39, 0.29) is 18.1 Å². The zero-order valence-corrected chi connectivity index (χ0v) is 12.8. The first kappa shape index (κ1) is 15.3. The number of nitrogens with two attached hydrogens (primary N) is 1. The molecule has 0 saturated carbocycles. The molecule has 1 fully saturated rings. The lowest BCUT2D eigenvalue weighted by Crippen LogP contribution is -2.49. The summed E-state index contributed by atoms with van der Waals surface area (Å²) in [6.07, 6.45) is 4.97. The first-order valence-corrected chi connectivity index (χ1v) is 7.15. The molecule has 1 aliphatic heterocycles. The van der Waals surface area contributed by atoms with Crippen molar-refractivity contribution in [3.8, 4) is 0 Å². The number of ether oxygens (including phenoxy) is 1. The fourth-order valence-corrected chi connectivity index (χ4v) is 2.30. The molecule has 0 radical (unpaired) electrons. The van der Waals surface area contributed by atoms with Crippen LogP contribution in [0.5, 0.6) is 0 Å². The number of piperidine rings is 1. The van der Waals surface area contributed by atoms with Gasteiger partial charge in [-0.25, -0.2) is 14.8 Å². The molecule has 1 saturated heterocycles. The van der Waals surface area contributed by atoms with Gasteiger partial charge in [-0.2, -0.15) is 0 Å². The Morgan fingerprint density at radius 2 is 2.10 bits per heavy atom. The standard InChI is InChI=1S/C14H23N5O2/c1-14(2,3)21-13(20)18-10-5-4-6-19(9-10)11-7-16-12(15)17-8-11/h7-8,10H,4-6,9H2,1-3H3,(H,18,20)(H2,15,16,17). The van der Waals surface area contributed by atoms with Crippen molar-refractivity contribution in [3.05, 3.63) is 12.4 Å². The first-order chi connectivity index (χ1) is 9.83. The summed E-state index contributed by atoms with van der Waals surface area (Å²) in [5, 5.41) is 2.92. The predicted molar refractivity (Wildman–Crippen MR) is 81.0 cm³/mol. The van der Waals surface area contributed by atoms with Crippen molar-refractivity contribution >= 4 is 17.7 Å². The van der Waals surface area contributed by atoms with Crippen molar-refractivity contribution in [3.63, 3.8) is 0 Å². The highest BCUT2D eigenvalue weighted by Gasteiger charge is 2.24. The van der Waals surface area contributed by atoms with Crippen LogP contribution in [0.4, 0.5) is 16.4 Å². The minimum atomic E-state index is -0.483. The number of alkyl carbamates (subject to hydrolysis) is 1. The average molecular weight is 293 g/mol. The third-order valence-corrected chi connectivity index (χ3v) is 3.17. The van der Waals surface area contributed by atoms with E-state index in [0.29, 0.717) is 6.54 Å². The van der Waals surface area contributed by atoms with Crippen molar-refractivity contribution < 1.29 is 9.53 Å². The minimum absolute atomic E-state index is 0.0613. The van der Waals surface area contributed by atoms with Gasteiger partial charge in [-0.05, 0) is 33.6 Å². The largest absolute Gasteiger partial charge is 0.444 e. The number of carbonyl (C=O) groups is 1. The van der Waals surface area contributed by atoms with E-state index in [1.807, 2.05) is 20.8 Å². The van der Waals surface area contributed by atoms with Gasteiger partial charge in [-0.15, -0.1) is 0 Å². The van der Waals surface area contributed by atoms with Crippen molar-refractivity contribution in [2.75, 3.05) is 23.7 Å². The number of anilines is 2. The second-order valence-electron chi connectivity index (χ2n) is 6.23. The maximum absolute atomic E-state index is 11.8. The van der Waals surface area contributed by atoms with Gasteiger partial charge in [-0.3, -0.25) is 0 Å². The van der Waals surface area contributed by atoms with Crippen LogP contribution in [0, 0.1) is 0 Å². The molecule has 1 amide bonds. The summed E-state index contributed by atoms with van der Waals surface area (Å²) in [5.74, 6) is 0.263. The molecule has 1 atom stereocenters. The Morgan fingerprint density at radius 3 is 2.71 bits per heavy atom. The van der Waals surface area contributed by atoms with E-state index in [4.69, 9.17) is 10.5 Å². The molecule has 2 rings (SSSR count). The second kappa shape index (κ2) is 6.15. The van der Waals surface area contributed by atoms with Gasteiger partial charge >= 0.3 is 6.09 Å². The number of nitrogens with one attached hydrogen (secondary N) is 1. The molecule has 7 nitrogen and oxygen atoms in total. The number of nitrogen functional groups attached to an aromatic ring is 1. The van der Waals surface area contributed by atoms with Crippen LogP contribution in [-0.2, 0) is 4.74 Å². The van der Waals surface area contributed by atoms with E-state index in [1.165, 1.54) is 0 Å². The summed E-state index contributed by atoms with van der Waals surface area (Å²) >= 11 is 0. The second-order valence-corrected chi connectivity index (χ2v) is 6.23. The highest BCUT2D eigenvalue weighted by atomic mass is 16.6. The first-order valence-electron chi connectivity index (χ1n) is 7.15. The fourth-order valence-electron chi connectivity index (χ4n) is 2.30. The summed E-state index contributed by atoms with van der Waals surface area (Å²) in [5.41, 5.74) is 5.93. The van der Waals surface area contributed by atoms with Gasteiger partial charge in [0.05, 0.1) is 18.1 Å².